The van der Waals surface area contributed by atoms with Crippen molar-refractivity contribution in [3.8, 4) is 0 Å². The average molecular weight is 225 g/mol. The monoisotopic (exact) mass is 225 g/mol. The zero-order chi connectivity index (χ0) is 11.6. The first-order chi connectivity index (χ1) is 7.83. The van der Waals surface area contributed by atoms with E-state index in [2.05, 4.69) is 19.2 Å². The summed E-state index contributed by atoms with van der Waals surface area (Å²) in [6.07, 6.45) is 14.3. The molecule has 1 aliphatic heterocycles. The van der Waals surface area contributed by atoms with Gasteiger partial charge in [-0.2, -0.15) is 0 Å². The van der Waals surface area contributed by atoms with Gasteiger partial charge < -0.3 is 5.32 Å². The van der Waals surface area contributed by atoms with E-state index in [-0.39, 0.29) is 0 Å². The third-order valence-corrected chi connectivity index (χ3v) is 3.92. The normalized spacial score (nSPS) is 25.9. The quantitative estimate of drug-likeness (QED) is 0.599. The summed E-state index contributed by atoms with van der Waals surface area (Å²) in [6.45, 7) is 5.90. The molecule has 1 rings (SSSR count). The van der Waals surface area contributed by atoms with Gasteiger partial charge in [0.2, 0.25) is 0 Å². The van der Waals surface area contributed by atoms with Crippen LogP contribution in [0.1, 0.15) is 78.1 Å². The van der Waals surface area contributed by atoms with Gasteiger partial charge in [0.1, 0.15) is 0 Å². The van der Waals surface area contributed by atoms with Crippen LogP contribution in [0, 0.1) is 5.92 Å². The highest BCUT2D eigenvalue weighted by Crippen LogP contribution is 2.18. The molecular formula is C15H31N. The molecule has 0 amide bonds. The van der Waals surface area contributed by atoms with E-state index in [4.69, 9.17) is 0 Å². The van der Waals surface area contributed by atoms with Crippen molar-refractivity contribution < 1.29 is 0 Å². The lowest BCUT2D eigenvalue weighted by Crippen LogP contribution is -2.37. The second-order valence-corrected chi connectivity index (χ2v) is 5.70. The summed E-state index contributed by atoms with van der Waals surface area (Å²) in [5.41, 5.74) is 0. The van der Waals surface area contributed by atoms with Crippen LogP contribution in [0.3, 0.4) is 0 Å². The number of piperidine rings is 1. The molecule has 1 fully saturated rings. The van der Waals surface area contributed by atoms with Crippen LogP contribution in [-0.2, 0) is 0 Å². The Balaban J connectivity index is 1.84. The Morgan fingerprint density at radius 2 is 1.62 bits per heavy atom. The lowest BCUT2D eigenvalue weighted by atomic mass is 9.93. The Bertz CT molecular complexity index is 148. The Kier molecular flexibility index (Phi) is 7.92. The van der Waals surface area contributed by atoms with E-state index < -0.39 is 0 Å². The fourth-order valence-electron chi connectivity index (χ4n) is 2.65. The number of hydrogen-bond acceptors (Lipinski definition) is 1. The second kappa shape index (κ2) is 9.04. The number of nitrogens with one attached hydrogen (secondary N) is 1. The van der Waals surface area contributed by atoms with Crippen LogP contribution in [0.25, 0.3) is 0 Å². The fraction of sp³-hybridized carbons (Fsp3) is 1.00. The van der Waals surface area contributed by atoms with Gasteiger partial charge in [-0.1, -0.05) is 58.8 Å². The van der Waals surface area contributed by atoms with Gasteiger partial charge in [0.05, 0.1) is 0 Å². The zero-order valence-electron chi connectivity index (χ0n) is 11.4. The first-order valence-electron chi connectivity index (χ1n) is 7.56. The van der Waals surface area contributed by atoms with Crippen LogP contribution in [0.5, 0.6) is 0 Å². The summed E-state index contributed by atoms with van der Waals surface area (Å²) >= 11 is 0. The molecule has 1 saturated heterocycles. The highest BCUT2D eigenvalue weighted by Gasteiger charge is 2.16. The SMILES string of the molecule is CCCCCCCCCC1CCC(C)CN1. The Hall–Kier alpha value is -0.0400. The predicted octanol–water partition coefficient (Wildman–Crippen LogP) is 4.52. The Morgan fingerprint density at radius 1 is 0.938 bits per heavy atom. The van der Waals surface area contributed by atoms with Gasteiger partial charge in [0.25, 0.3) is 0 Å². The van der Waals surface area contributed by atoms with Crippen molar-refractivity contribution in [1.82, 2.24) is 5.32 Å². The molecule has 2 atom stereocenters. The minimum absolute atomic E-state index is 0.840. The molecule has 1 heteroatoms. The van der Waals surface area contributed by atoms with E-state index in [9.17, 15) is 0 Å². The molecule has 0 radical (unpaired) electrons. The van der Waals surface area contributed by atoms with Gasteiger partial charge in [0.15, 0.2) is 0 Å². The first kappa shape index (κ1) is 14.0. The molecule has 1 aliphatic rings. The number of rotatable bonds is 8. The standard InChI is InChI=1S/C15H31N/c1-3-4-5-6-7-8-9-10-15-12-11-14(2)13-16-15/h14-16H,3-13H2,1-2H3. The Labute approximate surface area is 102 Å². The minimum Gasteiger partial charge on any atom is -0.314 e. The molecule has 2 unspecified atom stereocenters. The van der Waals surface area contributed by atoms with Gasteiger partial charge >= 0.3 is 0 Å². The molecule has 0 aromatic heterocycles. The molecule has 1 nitrogen and oxygen atoms in total. The molecule has 16 heavy (non-hydrogen) atoms. The molecule has 96 valence electrons. The lowest BCUT2D eigenvalue weighted by Gasteiger charge is -2.27. The molecule has 0 bridgehead atoms. The van der Waals surface area contributed by atoms with E-state index in [0.717, 1.165) is 12.0 Å². The maximum absolute atomic E-state index is 3.68. The summed E-state index contributed by atoms with van der Waals surface area (Å²) in [5.74, 6) is 0.908. The fourth-order valence-corrected chi connectivity index (χ4v) is 2.65. The third kappa shape index (κ3) is 6.52. The molecule has 0 spiro atoms. The summed E-state index contributed by atoms with van der Waals surface area (Å²) < 4.78 is 0. The van der Waals surface area contributed by atoms with Gasteiger partial charge in [0, 0.05) is 6.04 Å². The lowest BCUT2D eigenvalue weighted by molar-refractivity contribution is 0.309. The van der Waals surface area contributed by atoms with E-state index in [1.54, 1.807) is 0 Å². The maximum Gasteiger partial charge on any atom is 0.00672 e. The van der Waals surface area contributed by atoms with Crippen molar-refractivity contribution in [3.05, 3.63) is 0 Å². The highest BCUT2D eigenvalue weighted by molar-refractivity contribution is 4.75. The van der Waals surface area contributed by atoms with Crippen LogP contribution in [-0.4, -0.2) is 12.6 Å². The van der Waals surface area contributed by atoms with Crippen LogP contribution in [0.15, 0.2) is 0 Å². The molecule has 0 aliphatic carbocycles. The van der Waals surface area contributed by atoms with Crippen LogP contribution < -0.4 is 5.32 Å². The van der Waals surface area contributed by atoms with Crippen LogP contribution >= 0.6 is 0 Å². The topological polar surface area (TPSA) is 12.0 Å². The first-order valence-corrected chi connectivity index (χ1v) is 7.56. The Morgan fingerprint density at radius 3 is 2.25 bits per heavy atom. The largest absolute Gasteiger partial charge is 0.314 e. The van der Waals surface area contributed by atoms with E-state index in [1.165, 1.54) is 70.8 Å². The smallest absolute Gasteiger partial charge is 0.00672 e. The van der Waals surface area contributed by atoms with Crippen LogP contribution in [0.2, 0.25) is 0 Å². The number of hydrogen-bond donors (Lipinski definition) is 1. The molecule has 1 N–H and O–H groups in total. The van der Waals surface area contributed by atoms with Crippen molar-refractivity contribution in [2.75, 3.05) is 6.54 Å². The van der Waals surface area contributed by atoms with Crippen LogP contribution in [0.4, 0.5) is 0 Å². The predicted molar refractivity (Wildman–Crippen MR) is 72.8 cm³/mol. The zero-order valence-corrected chi connectivity index (χ0v) is 11.4. The van der Waals surface area contributed by atoms with Gasteiger partial charge in [-0.3, -0.25) is 0 Å². The summed E-state index contributed by atoms with van der Waals surface area (Å²) in [6, 6.07) is 0.840. The summed E-state index contributed by atoms with van der Waals surface area (Å²) in [7, 11) is 0. The molecule has 0 aromatic carbocycles. The highest BCUT2D eigenvalue weighted by atomic mass is 14.9. The molecule has 1 heterocycles. The molecule has 0 aromatic rings. The van der Waals surface area contributed by atoms with Crippen molar-refractivity contribution >= 4 is 0 Å². The van der Waals surface area contributed by atoms with Gasteiger partial charge in [-0.05, 0) is 31.7 Å². The van der Waals surface area contributed by atoms with Gasteiger partial charge in [-0.15, -0.1) is 0 Å². The van der Waals surface area contributed by atoms with E-state index >= 15 is 0 Å². The summed E-state index contributed by atoms with van der Waals surface area (Å²) in [5, 5.41) is 3.68. The van der Waals surface area contributed by atoms with Crippen molar-refractivity contribution in [2.45, 2.75) is 84.1 Å². The maximum atomic E-state index is 3.68. The molecular weight excluding hydrogens is 194 g/mol. The minimum atomic E-state index is 0.840. The average Bonchev–Trinajstić information content (AvgIpc) is 2.30. The van der Waals surface area contributed by atoms with Crippen molar-refractivity contribution in [3.63, 3.8) is 0 Å². The van der Waals surface area contributed by atoms with Gasteiger partial charge in [-0.25, -0.2) is 0 Å². The molecule has 0 saturated carbocycles. The van der Waals surface area contributed by atoms with E-state index in [0.29, 0.717) is 0 Å². The summed E-state index contributed by atoms with van der Waals surface area (Å²) in [4.78, 5) is 0. The third-order valence-electron chi connectivity index (χ3n) is 3.92. The van der Waals surface area contributed by atoms with Crippen molar-refractivity contribution in [2.24, 2.45) is 5.92 Å². The number of unbranched alkanes of at least 4 members (excludes halogenated alkanes) is 6. The second-order valence-electron chi connectivity index (χ2n) is 5.70. The van der Waals surface area contributed by atoms with E-state index in [1.807, 2.05) is 0 Å². The van der Waals surface area contributed by atoms with Crippen molar-refractivity contribution in [1.29, 1.82) is 0 Å².